The third-order valence-electron chi connectivity index (χ3n) is 5.05. The molecule has 2 fully saturated rings. The van der Waals surface area contributed by atoms with Gasteiger partial charge in [-0.3, -0.25) is 9.69 Å². The highest BCUT2D eigenvalue weighted by molar-refractivity contribution is 5.92. The normalized spacial score (nSPS) is 19.3. The van der Waals surface area contributed by atoms with Gasteiger partial charge in [0.05, 0.1) is 25.4 Å². The highest BCUT2D eigenvalue weighted by Crippen LogP contribution is 2.33. The fraction of sp³-hybridized carbons (Fsp3) is 0.500. The van der Waals surface area contributed by atoms with Crippen LogP contribution in [0.3, 0.4) is 0 Å². The molecule has 4 rings (SSSR count). The van der Waals surface area contributed by atoms with Gasteiger partial charge >= 0.3 is 0 Å². The first-order valence-electron chi connectivity index (χ1n) is 8.74. The average Bonchev–Trinajstić information content (AvgIpc) is 3.34. The Kier molecular flexibility index (Phi) is 4.17. The summed E-state index contributed by atoms with van der Waals surface area (Å²) in [7, 11) is 1.67. The van der Waals surface area contributed by atoms with Gasteiger partial charge in [-0.2, -0.15) is 0 Å². The van der Waals surface area contributed by atoms with Gasteiger partial charge in [-0.05, 0) is 37.5 Å². The number of rotatable bonds is 6. The molecule has 1 aliphatic carbocycles. The van der Waals surface area contributed by atoms with Crippen molar-refractivity contribution in [1.29, 1.82) is 0 Å². The van der Waals surface area contributed by atoms with Crippen molar-refractivity contribution in [2.24, 2.45) is 0 Å². The number of nitrogens with zero attached hydrogens (tertiary/aromatic N) is 4. The molecule has 7 nitrogen and oxygen atoms in total. The van der Waals surface area contributed by atoms with Gasteiger partial charge < -0.3 is 10.1 Å². The van der Waals surface area contributed by atoms with Crippen LogP contribution in [-0.4, -0.2) is 52.0 Å². The molecule has 25 heavy (non-hydrogen) atoms. The zero-order valence-electron chi connectivity index (χ0n) is 14.6. The molecule has 1 aromatic heterocycles. The first-order chi connectivity index (χ1) is 12.1. The van der Waals surface area contributed by atoms with Crippen molar-refractivity contribution in [2.75, 3.05) is 20.2 Å². The topological polar surface area (TPSA) is 72.3 Å². The van der Waals surface area contributed by atoms with Crippen molar-refractivity contribution in [3.63, 3.8) is 0 Å². The number of carbonyl (C=O) groups is 1. The number of carbonyl (C=O) groups excluding carboxylic acids is 1. The number of methoxy groups -OCH3 is 1. The van der Waals surface area contributed by atoms with E-state index in [2.05, 4.69) is 39.6 Å². The minimum Gasteiger partial charge on any atom is -0.497 e. The molecule has 0 spiro atoms. The molecule has 0 radical (unpaired) electrons. The maximum atomic E-state index is 12.3. The molecule has 132 valence electrons. The van der Waals surface area contributed by atoms with Gasteiger partial charge in [-0.15, -0.1) is 5.10 Å². The van der Waals surface area contributed by atoms with E-state index >= 15 is 0 Å². The Hall–Kier alpha value is -2.41. The van der Waals surface area contributed by atoms with E-state index in [1.165, 1.54) is 5.56 Å². The van der Waals surface area contributed by atoms with Gasteiger partial charge in [0.1, 0.15) is 5.75 Å². The van der Waals surface area contributed by atoms with Crippen LogP contribution in [0.2, 0.25) is 0 Å². The van der Waals surface area contributed by atoms with E-state index in [0.29, 0.717) is 17.8 Å². The number of benzene rings is 1. The summed E-state index contributed by atoms with van der Waals surface area (Å²) in [6.07, 6.45) is 4.01. The van der Waals surface area contributed by atoms with Crippen LogP contribution in [0.5, 0.6) is 5.75 Å². The molecule has 1 aliphatic heterocycles. The van der Waals surface area contributed by atoms with E-state index in [-0.39, 0.29) is 11.9 Å². The molecule has 1 amide bonds. The summed E-state index contributed by atoms with van der Waals surface area (Å²) in [5.41, 5.74) is 1.66. The first kappa shape index (κ1) is 16.1. The lowest BCUT2D eigenvalue weighted by molar-refractivity contribution is 0.0672. The fourth-order valence-electron chi connectivity index (χ4n) is 3.17. The Morgan fingerprint density at radius 3 is 2.64 bits per heavy atom. The summed E-state index contributed by atoms with van der Waals surface area (Å²) in [4.78, 5) is 14.6. The zero-order valence-corrected chi connectivity index (χ0v) is 14.6. The van der Waals surface area contributed by atoms with Crippen molar-refractivity contribution in [1.82, 2.24) is 25.2 Å². The Morgan fingerprint density at radius 1 is 1.28 bits per heavy atom. The van der Waals surface area contributed by atoms with E-state index in [4.69, 9.17) is 4.74 Å². The molecule has 2 heterocycles. The first-order valence-corrected chi connectivity index (χ1v) is 8.74. The van der Waals surface area contributed by atoms with E-state index in [1.807, 2.05) is 12.1 Å². The maximum Gasteiger partial charge on any atom is 0.273 e. The number of hydrogen-bond donors (Lipinski definition) is 1. The van der Waals surface area contributed by atoms with E-state index < -0.39 is 0 Å². The van der Waals surface area contributed by atoms with Gasteiger partial charge in [0.2, 0.25) is 0 Å². The smallest absolute Gasteiger partial charge is 0.273 e. The molecule has 2 aromatic rings. The summed E-state index contributed by atoms with van der Waals surface area (Å²) < 4.78 is 7.00. The van der Waals surface area contributed by atoms with Crippen molar-refractivity contribution in [3.05, 3.63) is 41.7 Å². The standard InChI is InChI=1S/C18H23N5O2/c1-12(13-3-7-16(25-2)8-4-13)22-9-14(10-22)19-18(24)17-11-23(21-20-17)15-5-6-15/h3-4,7-8,11-12,14-15H,5-6,9-10H2,1-2H3,(H,19,24). The van der Waals surface area contributed by atoms with Crippen LogP contribution in [0, 0.1) is 0 Å². The van der Waals surface area contributed by atoms with Gasteiger partial charge in [0.15, 0.2) is 5.69 Å². The summed E-state index contributed by atoms with van der Waals surface area (Å²) >= 11 is 0. The second-order valence-corrected chi connectivity index (χ2v) is 6.89. The molecule has 1 atom stereocenters. The number of aromatic nitrogens is 3. The Bertz CT molecular complexity index is 747. The number of hydrogen-bond acceptors (Lipinski definition) is 5. The quantitative estimate of drug-likeness (QED) is 0.867. The number of amides is 1. The Labute approximate surface area is 147 Å². The average molecular weight is 341 g/mol. The highest BCUT2D eigenvalue weighted by atomic mass is 16.5. The molecule has 1 saturated carbocycles. The van der Waals surface area contributed by atoms with Crippen LogP contribution in [0.15, 0.2) is 30.5 Å². The monoisotopic (exact) mass is 341 g/mol. The van der Waals surface area contributed by atoms with Crippen LogP contribution in [0.25, 0.3) is 0 Å². The summed E-state index contributed by atoms with van der Waals surface area (Å²) in [6, 6.07) is 9.06. The van der Waals surface area contributed by atoms with Crippen LogP contribution in [0.4, 0.5) is 0 Å². The molecule has 1 saturated heterocycles. The van der Waals surface area contributed by atoms with Crippen molar-refractivity contribution < 1.29 is 9.53 Å². The van der Waals surface area contributed by atoms with Gasteiger partial charge in [-0.1, -0.05) is 17.3 Å². The predicted octanol–water partition coefficient (Wildman–Crippen LogP) is 1.80. The second kappa shape index (κ2) is 6.48. The van der Waals surface area contributed by atoms with Gasteiger partial charge in [0, 0.05) is 19.1 Å². The third kappa shape index (κ3) is 3.37. The van der Waals surface area contributed by atoms with Gasteiger partial charge in [0.25, 0.3) is 5.91 Å². The maximum absolute atomic E-state index is 12.3. The number of ether oxygens (including phenoxy) is 1. The lowest BCUT2D eigenvalue weighted by atomic mass is 10.0. The minimum absolute atomic E-state index is 0.131. The van der Waals surface area contributed by atoms with Crippen LogP contribution >= 0.6 is 0 Å². The minimum atomic E-state index is -0.131. The molecule has 0 bridgehead atoms. The van der Waals surface area contributed by atoms with Crippen molar-refractivity contribution in [3.8, 4) is 5.75 Å². The van der Waals surface area contributed by atoms with Gasteiger partial charge in [-0.25, -0.2) is 4.68 Å². The van der Waals surface area contributed by atoms with Crippen molar-refractivity contribution in [2.45, 2.75) is 37.9 Å². The van der Waals surface area contributed by atoms with Crippen molar-refractivity contribution >= 4 is 5.91 Å². The lowest BCUT2D eigenvalue weighted by Gasteiger charge is -2.43. The van der Waals surface area contributed by atoms with E-state index in [1.54, 1.807) is 18.0 Å². The predicted molar refractivity (Wildman–Crippen MR) is 92.5 cm³/mol. The van der Waals surface area contributed by atoms with Crippen LogP contribution in [0.1, 0.15) is 47.9 Å². The molecule has 1 N–H and O–H groups in total. The molecular weight excluding hydrogens is 318 g/mol. The zero-order chi connectivity index (χ0) is 17.4. The Morgan fingerprint density at radius 2 is 2.00 bits per heavy atom. The summed E-state index contributed by atoms with van der Waals surface area (Å²) in [5.74, 6) is 0.734. The number of nitrogens with one attached hydrogen (secondary N) is 1. The summed E-state index contributed by atoms with van der Waals surface area (Å²) in [6.45, 7) is 3.87. The van der Waals surface area contributed by atoms with Crippen LogP contribution in [-0.2, 0) is 0 Å². The fourth-order valence-corrected chi connectivity index (χ4v) is 3.17. The SMILES string of the molecule is COc1ccc(C(C)N2CC(NC(=O)c3cn(C4CC4)nn3)C2)cc1. The Balaban J connectivity index is 1.28. The third-order valence-corrected chi connectivity index (χ3v) is 5.05. The molecule has 1 aromatic carbocycles. The summed E-state index contributed by atoms with van der Waals surface area (Å²) in [5, 5.41) is 11.1. The second-order valence-electron chi connectivity index (χ2n) is 6.89. The van der Waals surface area contributed by atoms with Crippen LogP contribution < -0.4 is 10.1 Å². The molecule has 7 heteroatoms. The van der Waals surface area contributed by atoms with E-state index in [9.17, 15) is 4.79 Å². The number of likely N-dealkylation sites (tertiary alicyclic amines) is 1. The molecular formula is C18H23N5O2. The van der Waals surface area contributed by atoms with E-state index in [0.717, 1.165) is 31.7 Å². The highest BCUT2D eigenvalue weighted by Gasteiger charge is 2.33. The molecule has 1 unspecified atom stereocenters. The largest absolute Gasteiger partial charge is 0.497 e. The molecule has 2 aliphatic rings. The lowest BCUT2D eigenvalue weighted by Crippen LogP contribution is -2.59.